The van der Waals surface area contributed by atoms with Crippen molar-refractivity contribution in [2.75, 3.05) is 6.61 Å². The molecule has 4 rings (SSSR count). The average Bonchev–Trinajstić information content (AvgIpc) is 2.81. The molecule has 174 valence electrons. The molecule has 1 fully saturated rings. The number of carbonyl (C=O) groups is 1. The van der Waals surface area contributed by atoms with Crippen LogP contribution >= 0.6 is 0 Å². The fraction of sp³-hybridized carbons (Fsp3) is 0.407. The van der Waals surface area contributed by atoms with Crippen molar-refractivity contribution < 1.29 is 20.1 Å². The van der Waals surface area contributed by atoms with E-state index in [1.165, 1.54) is 18.3 Å². The summed E-state index contributed by atoms with van der Waals surface area (Å²) in [6.07, 6.45) is 10.1. The maximum absolute atomic E-state index is 13.8. The van der Waals surface area contributed by atoms with Crippen molar-refractivity contribution in [1.82, 2.24) is 4.98 Å². The lowest BCUT2D eigenvalue weighted by Gasteiger charge is -2.45. The molecule has 0 amide bonds. The summed E-state index contributed by atoms with van der Waals surface area (Å²) in [6, 6.07) is 6.20. The maximum atomic E-state index is 13.8. The van der Waals surface area contributed by atoms with Crippen molar-refractivity contribution in [2.45, 2.75) is 33.1 Å². The fourth-order valence-electron chi connectivity index (χ4n) is 5.75. The van der Waals surface area contributed by atoms with Crippen LogP contribution in [0.25, 0.3) is 11.1 Å². The van der Waals surface area contributed by atoms with Gasteiger partial charge in [-0.05, 0) is 74.5 Å². The van der Waals surface area contributed by atoms with E-state index in [0.717, 1.165) is 24.8 Å². The Morgan fingerprint density at radius 1 is 1.18 bits per heavy atom. The van der Waals surface area contributed by atoms with Gasteiger partial charge in [0.05, 0.1) is 0 Å². The molecule has 0 unspecified atom stereocenters. The van der Waals surface area contributed by atoms with E-state index in [2.05, 4.69) is 4.98 Å². The van der Waals surface area contributed by atoms with Crippen LogP contribution in [0.15, 0.2) is 59.1 Å². The third kappa shape index (κ3) is 4.27. The summed E-state index contributed by atoms with van der Waals surface area (Å²) in [5, 5.41) is 30.3. The molecule has 1 saturated carbocycles. The number of phenols is 1. The third-order valence-electron chi connectivity index (χ3n) is 7.41. The molecule has 5 atom stereocenters. The Bertz CT molecular complexity index is 1140. The van der Waals surface area contributed by atoms with Crippen LogP contribution in [0.3, 0.4) is 0 Å². The lowest BCUT2D eigenvalue weighted by molar-refractivity contribution is 0.0719. The summed E-state index contributed by atoms with van der Waals surface area (Å²) in [6.45, 7) is 4.10. The van der Waals surface area contributed by atoms with E-state index < -0.39 is 17.3 Å². The standard InChI is InChI=1S/C27H31NO5/c1-3-4-20-21-12-16(14-29)5-10-19(21)15(2)11-22(20)25(31)24-26(32)23(13-28-27(24)33)17-6-8-18(30)9-7-17/h3-4,6-9,11,13,16,19-22,29-30H,5,10,12,14H2,1-2H3,(H2,28,32,33)/b4-3+/t16-,19+,20+,21-,22+/m0/s1. The van der Waals surface area contributed by atoms with Gasteiger partial charge in [-0.25, -0.2) is 0 Å². The van der Waals surface area contributed by atoms with Crippen molar-refractivity contribution in [3.8, 4) is 22.6 Å². The van der Waals surface area contributed by atoms with Gasteiger partial charge in [0, 0.05) is 24.3 Å². The molecule has 33 heavy (non-hydrogen) atoms. The van der Waals surface area contributed by atoms with Crippen LogP contribution in [0, 0.1) is 29.6 Å². The summed E-state index contributed by atoms with van der Waals surface area (Å²) in [7, 11) is 0. The largest absolute Gasteiger partial charge is 0.508 e. The van der Waals surface area contributed by atoms with Gasteiger partial charge < -0.3 is 20.3 Å². The molecular formula is C27H31NO5. The number of rotatable bonds is 5. The summed E-state index contributed by atoms with van der Waals surface area (Å²) < 4.78 is 0. The number of aliphatic hydroxyl groups is 1. The maximum Gasteiger partial charge on any atom is 0.262 e. The first-order valence-corrected chi connectivity index (χ1v) is 11.6. The first-order chi connectivity index (χ1) is 15.8. The van der Waals surface area contributed by atoms with Gasteiger partial charge in [0.25, 0.3) is 5.56 Å². The number of hydrogen-bond acceptors (Lipinski definition) is 5. The number of allylic oxidation sites excluding steroid dienone is 4. The molecule has 0 bridgehead atoms. The second-order valence-corrected chi connectivity index (χ2v) is 9.34. The number of H-pyrrole nitrogens is 1. The number of aliphatic hydroxyl groups excluding tert-OH is 1. The van der Waals surface area contributed by atoms with Gasteiger partial charge in [-0.1, -0.05) is 35.9 Å². The number of aromatic nitrogens is 1. The van der Waals surface area contributed by atoms with Gasteiger partial charge in [0.1, 0.15) is 17.1 Å². The monoisotopic (exact) mass is 449 g/mol. The minimum Gasteiger partial charge on any atom is -0.508 e. The van der Waals surface area contributed by atoms with Gasteiger partial charge in [-0.15, -0.1) is 0 Å². The number of carbonyl (C=O) groups excluding carboxylic acids is 1. The Morgan fingerprint density at radius 3 is 2.58 bits per heavy atom. The topological polar surface area (TPSA) is 111 Å². The van der Waals surface area contributed by atoms with Crippen LogP contribution in [-0.4, -0.2) is 32.7 Å². The quantitative estimate of drug-likeness (QED) is 0.399. The van der Waals surface area contributed by atoms with Gasteiger partial charge in [0.15, 0.2) is 5.78 Å². The second-order valence-electron chi connectivity index (χ2n) is 9.34. The van der Waals surface area contributed by atoms with Crippen molar-refractivity contribution >= 4 is 5.78 Å². The molecule has 4 N–H and O–H groups in total. The van der Waals surface area contributed by atoms with Gasteiger partial charge in [-0.3, -0.25) is 9.59 Å². The van der Waals surface area contributed by atoms with Crippen LogP contribution < -0.4 is 5.56 Å². The molecule has 0 radical (unpaired) electrons. The molecule has 1 aromatic carbocycles. The highest BCUT2D eigenvalue weighted by atomic mass is 16.3. The van der Waals surface area contributed by atoms with Gasteiger partial charge in [-0.2, -0.15) is 0 Å². The number of aromatic hydroxyl groups is 2. The minimum absolute atomic E-state index is 0.0826. The van der Waals surface area contributed by atoms with Crippen LogP contribution in [-0.2, 0) is 0 Å². The predicted octanol–water partition coefficient (Wildman–Crippen LogP) is 4.43. The van der Waals surface area contributed by atoms with Gasteiger partial charge >= 0.3 is 0 Å². The normalized spacial score (nSPS) is 27.2. The summed E-state index contributed by atoms with van der Waals surface area (Å²) in [5.41, 5.74) is 1.18. The van der Waals surface area contributed by atoms with E-state index in [0.29, 0.717) is 17.0 Å². The van der Waals surface area contributed by atoms with E-state index in [4.69, 9.17) is 0 Å². The highest BCUT2D eigenvalue weighted by Crippen LogP contribution is 2.49. The van der Waals surface area contributed by atoms with Crippen LogP contribution in [0.1, 0.15) is 43.5 Å². The summed E-state index contributed by atoms with van der Waals surface area (Å²) in [5.74, 6) is -0.570. The molecule has 1 heterocycles. The number of fused-ring (bicyclic) bond motifs is 1. The molecule has 1 aromatic heterocycles. The van der Waals surface area contributed by atoms with Crippen molar-refractivity contribution in [3.05, 3.63) is 70.2 Å². The highest BCUT2D eigenvalue weighted by Gasteiger charge is 2.44. The first-order valence-electron chi connectivity index (χ1n) is 11.6. The first kappa shape index (κ1) is 23.1. The molecule has 2 aliphatic rings. The number of aromatic amines is 1. The summed E-state index contributed by atoms with van der Waals surface area (Å²) >= 11 is 0. The van der Waals surface area contributed by atoms with E-state index in [9.17, 15) is 24.9 Å². The van der Waals surface area contributed by atoms with Crippen molar-refractivity contribution in [2.24, 2.45) is 29.6 Å². The number of ketones is 1. The Balaban J connectivity index is 1.78. The number of benzene rings is 1. The zero-order valence-corrected chi connectivity index (χ0v) is 19.0. The van der Waals surface area contributed by atoms with Crippen LogP contribution in [0.5, 0.6) is 11.5 Å². The molecule has 6 heteroatoms. The average molecular weight is 450 g/mol. The Morgan fingerprint density at radius 2 is 1.91 bits per heavy atom. The number of phenolic OH excluding ortho intramolecular Hbond substituents is 1. The van der Waals surface area contributed by atoms with E-state index in [1.54, 1.807) is 12.1 Å². The zero-order valence-electron chi connectivity index (χ0n) is 19.0. The highest BCUT2D eigenvalue weighted by molar-refractivity contribution is 6.03. The lowest BCUT2D eigenvalue weighted by atomic mass is 9.59. The molecule has 2 aromatic rings. The Labute approximate surface area is 193 Å². The Hall–Kier alpha value is -3.12. The lowest BCUT2D eigenvalue weighted by Crippen LogP contribution is -2.41. The van der Waals surface area contributed by atoms with E-state index in [1.807, 2.05) is 32.1 Å². The third-order valence-corrected chi connectivity index (χ3v) is 7.41. The second kappa shape index (κ2) is 9.40. The van der Waals surface area contributed by atoms with Crippen molar-refractivity contribution in [1.29, 1.82) is 0 Å². The van der Waals surface area contributed by atoms with E-state index >= 15 is 0 Å². The molecule has 0 aliphatic heterocycles. The van der Waals surface area contributed by atoms with Crippen LogP contribution in [0.2, 0.25) is 0 Å². The minimum atomic E-state index is -0.621. The van der Waals surface area contributed by atoms with Crippen molar-refractivity contribution in [3.63, 3.8) is 0 Å². The summed E-state index contributed by atoms with van der Waals surface area (Å²) in [4.78, 5) is 29.1. The molecule has 6 nitrogen and oxygen atoms in total. The predicted molar refractivity (Wildman–Crippen MR) is 127 cm³/mol. The molecular weight excluding hydrogens is 418 g/mol. The SMILES string of the molecule is C/C=C/[C@@H]1[C@H]2C[C@@H](CO)CC[C@@H]2C(C)=C[C@H]1C(=O)c1c(O)c(-c2ccc(O)cc2)c[nH]c1=O. The van der Waals surface area contributed by atoms with E-state index in [-0.39, 0.29) is 41.4 Å². The number of hydrogen-bond donors (Lipinski definition) is 4. The van der Waals surface area contributed by atoms with Crippen LogP contribution in [0.4, 0.5) is 0 Å². The number of Topliss-reactive ketones (excluding diaryl/α,β-unsaturated/α-hetero) is 1. The number of pyridine rings is 1. The zero-order chi connectivity index (χ0) is 23.7. The molecule has 2 aliphatic carbocycles. The molecule has 0 spiro atoms. The Kier molecular flexibility index (Phi) is 6.56. The van der Waals surface area contributed by atoms with Gasteiger partial charge in [0.2, 0.25) is 0 Å². The number of nitrogens with one attached hydrogen (secondary N) is 1. The molecule has 0 saturated heterocycles. The fourth-order valence-corrected chi connectivity index (χ4v) is 5.75. The smallest absolute Gasteiger partial charge is 0.262 e.